The second kappa shape index (κ2) is 4.69. The van der Waals surface area contributed by atoms with Gasteiger partial charge in [-0.2, -0.15) is 0 Å². The third-order valence-electron chi connectivity index (χ3n) is 3.54. The minimum atomic E-state index is -2.15. The summed E-state index contributed by atoms with van der Waals surface area (Å²) in [5.74, 6) is -9.62. The Hall–Kier alpha value is -2.17. The molecule has 2 aromatic carbocycles. The van der Waals surface area contributed by atoms with Crippen molar-refractivity contribution in [1.29, 1.82) is 0 Å². The zero-order valence-corrected chi connectivity index (χ0v) is 10.9. The minimum Gasteiger partial charge on any atom is -0.203 e. The van der Waals surface area contributed by atoms with Crippen LogP contribution in [0.25, 0.3) is 17.2 Å². The van der Waals surface area contributed by atoms with E-state index in [2.05, 4.69) is 0 Å². The van der Waals surface area contributed by atoms with Crippen LogP contribution in [-0.2, 0) is 6.42 Å². The van der Waals surface area contributed by atoms with Gasteiger partial charge in [0.15, 0.2) is 23.3 Å². The van der Waals surface area contributed by atoms with E-state index in [1.807, 2.05) is 6.92 Å². The number of benzene rings is 2. The van der Waals surface area contributed by atoms with Gasteiger partial charge in [0, 0.05) is 0 Å². The van der Waals surface area contributed by atoms with Crippen LogP contribution < -0.4 is 0 Å². The van der Waals surface area contributed by atoms with Crippen molar-refractivity contribution in [3.05, 3.63) is 64.0 Å². The highest BCUT2D eigenvalue weighted by molar-refractivity contribution is 5.81. The predicted octanol–water partition coefficient (Wildman–Crippen LogP) is 5.01. The quantitative estimate of drug-likeness (QED) is 0.394. The lowest BCUT2D eigenvalue weighted by Gasteiger charge is -2.11. The fourth-order valence-electron chi connectivity index (χ4n) is 2.59. The van der Waals surface area contributed by atoms with E-state index in [9.17, 15) is 22.0 Å². The van der Waals surface area contributed by atoms with Crippen LogP contribution in [0.15, 0.2) is 23.8 Å². The number of hydrogen-bond donors (Lipinski definition) is 0. The molecule has 0 aromatic heterocycles. The SMILES string of the molecule is CC1=Cc2c(cccc2-c2c(F)c(F)c(F)c(F)c2F)C1. The van der Waals surface area contributed by atoms with Gasteiger partial charge in [0.25, 0.3) is 0 Å². The monoisotopic (exact) mass is 296 g/mol. The van der Waals surface area contributed by atoms with Crippen LogP contribution >= 0.6 is 0 Å². The summed E-state index contributed by atoms with van der Waals surface area (Å²) in [6, 6.07) is 4.66. The van der Waals surface area contributed by atoms with E-state index in [0.717, 1.165) is 11.1 Å². The summed E-state index contributed by atoms with van der Waals surface area (Å²) in [5, 5.41) is 0. The van der Waals surface area contributed by atoms with E-state index < -0.39 is 34.6 Å². The van der Waals surface area contributed by atoms with E-state index in [4.69, 9.17) is 0 Å². The average Bonchev–Trinajstić information content (AvgIpc) is 2.84. The van der Waals surface area contributed by atoms with Crippen molar-refractivity contribution in [3.63, 3.8) is 0 Å². The minimum absolute atomic E-state index is 0.0113. The van der Waals surface area contributed by atoms with Crippen LogP contribution in [0.2, 0.25) is 0 Å². The van der Waals surface area contributed by atoms with Crippen molar-refractivity contribution in [2.45, 2.75) is 13.3 Å². The molecule has 0 bridgehead atoms. The van der Waals surface area contributed by atoms with Crippen LogP contribution in [0.1, 0.15) is 18.1 Å². The Morgan fingerprint density at radius 3 is 2.00 bits per heavy atom. The molecule has 1 aliphatic carbocycles. The standard InChI is InChI=1S/C16H9F5/c1-7-5-8-3-2-4-9(10(8)6-7)11-12(17)14(19)16(21)15(20)13(11)18/h2-4,6H,5H2,1H3. The van der Waals surface area contributed by atoms with E-state index in [1.165, 1.54) is 6.07 Å². The molecule has 5 heteroatoms. The lowest BCUT2D eigenvalue weighted by atomic mass is 9.96. The van der Waals surface area contributed by atoms with Gasteiger partial charge >= 0.3 is 0 Å². The fourth-order valence-corrected chi connectivity index (χ4v) is 2.59. The van der Waals surface area contributed by atoms with Gasteiger partial charge in [-0.15, -0.1) is 0 Å². The average molecular weight is 296 g/mol. The van der Waals surface area contributed by atoms with Crippen LogP contribution in [0, 0.1) is 29.1 Å². The summed E-state index contributed by atoms with van der Waals surface area (Å²) >= 11 is 0. The molecule has 3 rings (SSSR count). The molecule has 0 amide bonds. The summed E-state index contributed by atoms with van der Waals surface area (Å²) in [6.07, 6.45) is 2.29. The first-order valence-electron chi connectivity index (χ1n) is 6.22. The highest BCUT2D eigenvalue weighted by Crippen LogP contribution is 2.38. The molecule has 0 radical (unpaired) electrons. The molecule has 0 saturated carbocycles. The smallest absolute Gasteiger partial charge is 0.200 e. The predicted molar refractivity (Wildman–Crippen MR) is 69.0 cm³/mol. The van der Waals surface area contributed by atoms with Crippen LogP contribution in [-0.4, -0.2) is 0 Å². The van der Waals surface area contributed by atoms with Crippen LogP contribution in [0.3, 0.4) is 0 Å². The molecule has 0 fully saturated rings. The van der Waals surface area contributed by atoms with Crippen molar-refractivity contribution in [2.75, 3.05) is 0 Å². The molecule has 108 valence electrons. The van der Waals surface area contributed by atoms with E-state index in [1.54, 1.807) is 18.2 Å². The first-order valence-corrected chi connectivity index (χ1v) is 6.22. The molecular weight excluding hydrogens is 287 g/mol. The van der Waals surface area contributed by atoms with Gasteiger partial charge in [0.05, 0.1) is 5.56 Å². The highest BCUT2D eigenvalue weighted by Gasteiger charge is 2.28. The third-order valence-corrected chi connectivity index (χ3v) is 3.54. The van der Waals surface area contributed by atoms with E-state index in [0.29, 0.717) is 12.0 Å². The molecule has 0 nitrogen and oxygen atoms in total. The van der Waals surface area contributed by atoms with Gasteiger partial charge < -0.3 is 0 Å². The second-order valence-electron chi connectivity index (χ2n) is 4.99. The van der Waals surface area contributed by atoms with Crippen molar-refractivity contribution < 1.29 is 22.0 Å². The van der Waals surface area contributed by atoms with Crippen LogP contribution in [0.5, 0.6) is 0 Å². The number of halogens is 5. The first kappa shape index (κ1) is 13.8. The maximum absolute atomic E-state index is 13.9. The maximum Gasteiger partial charge on any atom is 0.200 e. The summed E-state index contributed by atoms with van der Waals surface area (Å²) in [6.45, 7) is 1.84. The number of hydrogen-bond acceptors (Lipinski definition) is 0. The molecule has 1 aliphatic rings. The molecule has 0 saturated heterocycles. The van der Waals surface area contributed by atoms with Gasteiger partial charge in [-0.25, -0.2) is 22.0 Å². The lowest BCUT2D eigenvalue weighted by molar-refractivity contribution is 0.381. The van der Waals surface area contributed by atoms with Gasteiger partial charge in [-0.1, -0.05) is 29.8 Å². The molecule has 0 heterocycles. The topological polar surface area (TPSA) is 0 Å². The van der Waals surface area contributed by atoms with E-state index >= 15 is 0 Å². The summed E-state index contributed by atoms with van der Waals surface area (Å²) < 4.78 is 67.6. The Kier molecular flexibility index (Phi) is 3.08. The summed E-state index contributed by atoms with van der Waals surface area (Å²) in [5.41, 5.74) is 1.39. The summed E-state index contributed by atoms with van der Waals surface area (Å²) in [7, 11) is 0. The molecule has 0 atom stereocenters. The van der Waals surface area contributed by atoms with Crippen molar-refractivity contribution >= 4 is 6.08 Å². The van der Waals surface area contributed by atoms with E-state index in [-0.39, 0.29) is 5.56 Å². The first-order chi connectivity index (χ1) is 9.91. The third kappa shape index (κ3) is 1.95. The Bertz CT molecular complexity index is 761. The number of fused-ring (bicyclic) bond motifs is 1. The molecule has 0 N–H and O–H groups in total. The molecular formula is C16H9F5. The zero-order valence-electron chi connectivity index (χ0n) is 10.9. The normalized spacial score (nSPS) is 13.3. The van der Waals surface area contributed by atoms with Crippen molar-refractivity contribution in [1.82, 2.24) is 0 Å². The van der Waals surface area contributed by atoms with Crippen molar-refractivity contribution in [2.24, 2.45) is 0 Å². The Balaban J connectivity index is 2.36. The Morgan fingerprint density at radius 1 is 0.810 bits per heavy atom. The zero-order chi connectivity index (χ0) is 15.3. The highest BCUT2D eigenvalue weighted by atomic mass is 19.2. The lowest BCUT2D eigenvalue weighted by Crippen LogP contribution is -2.05. The van der Waals surface area contributed by atoms with Gasteiger partial charge in [-0.3, -0.25) is 0 Å². The van der Waals surface area contributed by atoms with Crippen LogP contribution in [0.4, 0.5) is 22.0 Å². The molecule has 0 spiro atoms. The van der Waals surface area contributed by atoms with Gasteiger partial charge in [-0.05, 0) is 30.0 Å². The molecule has 2 aromatic rings. The fraction of sp³-hybridized carbons (Fsp3) is 0.125. The molecule has 0 unspecified atom stereocenters. The second-order valence-corrected chi connectivity index (χ2v) is 4.99. The largest absolute Gasteiger partial charge is 0.203 e. The summed E-state index contributed by atoms with van der Waals surface area (Å²) in [4.78, 5) is 0. The van der Waals surface area contributed by atoms with Gasteiger partial charge in [0.1, 0.15) is 0 Å². The van der Waals surface area contributed by atoms with Crippen molar-refractivity contribution in [3.8, 4) is 11.1 Å². The maximum atomic E-state index is 13.9. The number of allylic oxidation sites excluding steroid dienone is 1. The Labute approximate surface area is 117 Å². The number of rotatable bonds is 1. The molecule has 21 heavy (non-hydrogen) atoms. The van der Waals surface area contributed by atoms with Gasteiger partial charge in [0.2, 0.25) is 5.82 Å². The molecule has 0 aliphatic heterocycles. The Morgan fingerprint density at radius 2 is 1.38 bits per heavy atom.